The molecule has 0 saturated carbocycles. The van der Waals surface area contributed by atoms with Crippen molar-refractivity contribution >= 4 is 17.0 Å². The lowest BCUT2D eigenvalue weighted by molar-refractivity contribution is -0.384. The van der Waals surface area contributed by atoms with Crippen molar-refractivity contribution < 1.29 is 4.92 Å². The molecule has 0 radical (unpaired) electrons. The van der Waals surface area contributed by atoms with Crippen LogP contribution in [-0.4, -0.2) is 9.91 Å². The fourth-order valence-corrected chi connectivity index (χ4v) is 3.05. The summed E-state index contributed by atoms with van der Waals surface area (Å²) in [4.78, 5) is 15.0. The van der Waals surface area contributed by atoms with E-state index >= 15 is 0 Å². The molecule has 106 valence electrons. The van der Waals surface area contributed by atoms with Crippen LogP contribution in [0.25, 0.3) is 11.3 Å². The number of hydrogen-bond donors (Lipinski definition) is 1. The first-order valence-corrected chi connectivity index (χ1v) is 7.38. The van der Waals surface area contributed by atoms with Gasteiger partial charge in [-0.1, -0.05) is 26.0 Å². The molecule has 0 unspecified atom stereocenters. The summed E-state index contributed by atoms with van der Waals surface area (Å²) in [6.07, 6.45) is 1.62. The van der Waals surface area contributed by atoms with Crippen molar-refractivity contribution in [2.45, 2.75) is 32.2 Å². The molecule has 6 heteroatoms. The second-order valence-corrected chi connectivity index (χ2v) is 5.57. The van der Waals surface area contributed by atoms with Crippen molar-refractivity contribution in [3.05, 3.63) is 44.8 Å². The smallest absolute Gasteiger partial charge is 0.270 e. The molecule has 2 N–H and O–H groups in total. The van der Waals surface area contributed by atoms with Crippen molar-refractivity contribution in [2.24, 2.45) is 5.73 Å². The Morgan fingerprint density at radius 3 is 2.70 bits per heavy atom. The Labute approximate surface area is 121 Å². The van der Waals surface area contributed by atoms with Crippen LogP contribution >= 0.6 is 11.3 Å². The predicted molar refractivity (Wildman–Crippen MR) is 80.7 cm³/mol. The van der Waals surface area contributed by atoms with E-state index in [2.05, 4.69) is 4.98 Å². The third-order valence-electron chi connectivity index (χ3n) is 3.54. The minimum Gasteiger partial charge on any atom is -0.319 e. The standard InChI is InChI=1S/C14H17N3O2S/c1-3-14(15,4-2)13-16-12(9-20-13)10-6-5-7-11(8-10)17(18)19/h5-9H,3-4,15H2,1-2H3. The van der Waals surface area contributed by atoms with E-state index in [0.717, 1.165) is 29.1 Å². The fraction of sp³-hybridized carbons (Fsp3) is 0.357. The molecule has 0 aliphatic rings. The van der Waals surface area contributed by atoms with Crippen molar-refractivity contribution in [1.82, 2.24) is 4.98 Å². The number of nitro benzene ring substituents is 1. The van der Waals surface area contributed by atoms with Gasteiger partial charge in [-0.3, -0.25) is 10.1 Å². The zero-order chi connectivity index (χ0) is 14.8. The highest BCUT2D eigenvalue weighted by Gasteiger charge is 2.26. The molecular weight excluding hydrogens is 274 g/mol. The summed E-state index contributed by atoms with van der Waals surface area (Å²) < 4.78 is 0. The van der Waals surface area contributed by atoms with Gasteiger partial charge in [-0.25, -0.2) is 4.98 Å². The zero-order valence-electron chi connectivity index (χ0n) is 11.5. The second-order valence-electron chi connectivity index (χ2n) is 4.71. The molecule has 1 aromatic carbocycles. The molecule has 1 aromatic heterocycles. The van der Waals surface area contributed by atoms with Gasteiger partial charge in [0.2, 0.25) is 0 Å². The summed E-state index contributed by atoms with van der Waals surface area (Å²) in [5.41, 5.74) is 7.47. The van der Waals surface area contributed by atoms with Crippen molar-refractivity contribution in [1.29, 1.82) is 0 Å². The minimum atomic E-state index is -0.413. The minimum absolute atomic E-state index is 0.0713. The number of hydrogen-bond acceptors (Lipinski definition) is 5. The van der Waals surface area contributed by atoms with Crippen molar-refractivity contribution in [3.63, 3.8) is 0 Å². The van der Waals surface area contributed by atoms with Gasteiger partial charge in [-0.05, 0) is 12.8 Å². The molecule has 0 aliphatic carbocycles. The Morgan fingerprint density at radius 2 is 2.10 bits per heavy atom. The van der Waals surface area contributed by atoms with E-state index in [1.807, 2.05) is 25.3 Å². The molecule has 0 atom stereocenters. The molecule has 0 aliphatic heterocycles. The van der Waals surface area contributed by atoms with E-state index in [-0.39, 0.29) is 5.69 Å². The molecule has 1 heterocycles. The van der Waals surface area contributed by atoms with Crippen LogP contribution in [0.3, 0.4) is 0 Å². The number of rotatable bonds is 5. The highest BCUT2D eigenvalue weighted by Crippen LogP contribution is 2.32. The Kier molecular flexibility index (Phi) is 4.15. The van der Waals surface area contributed by atoms with Gasteiger partial charge in [-0.15, -0.1) is 11.3 Å². The summed E-state index contributed by atoms with van der Waals surface area (Å²) in [6.45, 7) is 4.08. The number of aromatic nitrogens is 1. The summed E-state index contributed by atoms with van der Waals surface area (Å²) in [5, 5.41) is 13.6. The lowest BCUT2D eigenvalue weighted by atomic mass is 9.95. The summed E-state index contributed by atoms with van der Waals surface area (Å²) in [6, 6.07) is 6.50. The van der Waals surface area contributed by atoms with Crippen LogP contribution in [-0.2, 0) is 5.54 Å². The number of nitrogens with two attached hydrogens (primary N) is 1. The maximum atomic E-state index is 10.8. The SMILES string of the molecule is CCC(N)(CC)c1nc(-c2cccc([N+](=O)[O-])c2)cs1. The predicted octanol–water partition coefficient (Wildman–Crippen LogP) is 3.69. The van der Waals surface area contributed by atoms with Gasteiger partial charge >= 0.3 is 0 Å². The molecule has 2 rings (SSSR count). The van der Waals surface area contributed by atoms with E-state index in [0.29, 0.717) is 0 Å². The third kappa shape index (κ3) is 2.71. The van der Waals surface area contributed by atoms with Crippen LogP contribution < -0.4 is 5.73 Å². The van der Waals surface area contributed by atoms with Crippen LogP contribution in [0, 0.1) is 10.1 Å². The molecule has 0 saturated heterocycles. The van der Waals surface area contributed by atoms with E-state index in [4.69, 9.17) is 5.73 Å². The Hall–Kier alpha value is -1.79. The zero-order valence-corrected chi connectivity index (χ0v) is 12.3. The largest absolute Gasteiger partial charge is 0.319 e. The van der Waals surface area contributed by atoms with E-state index in [1.165, 1.54) is 23.5 Å². The molecule has 0 amide bonds. The quantitative estimate of drug-likeness (QED) is 0.672. The average molecular weight is 291 g/mol. The average Bonchev–Trinajstić information content (AvgIpc) is 2.97. The first-order valence-electron chi connectivity index (χ1n) is 6.50. The fourth-order valence-electron chi connectivity index (χ4n) is 1.97. The van der Waals surface area contributed by atoms with Crippen LogP contribution in [0.2, 0.25) is 0 Å². The van der Waals surface area contributed by atoms with E-state index in [1.54, 1.807) is 6.07 Å². The molecule has 0 bridgehead atoms. The molecular formula is C14H17N3O2S. The Balaban J connectivity index is 2.38. The lowest BCUT2D eigenvalue weighted by Crippen LogP contribution is -2.34. The number of thiazole rings is 1. The number of non-ortho nitro benzene ring substituents is 1. The first-order chi connectivity index (χ1) is 9.50. The number of nitrogens with zero attached hydrogens (tertiary/aromatic N) is 2. The van der Waals surface area contributed by atoms with Gasteiger partial charge in [0.1, 0.15) is 5.01 Å². The summed E-state index contributed by atoms with van der Waals surface area (Å²) in [5.74, 6) is 0. The topological polar surface area (TPSA) is 82.0 Å². The lowest BCUT2D eigenvalue weighted by Gasteiger charge is -2.23. The Morgan fingerprint density at radius 1 is 1.40 bits per heavy atom. The van der Waals surface area contributed by atoms with Gasteiger partial charge < -0.3 is 5.73 Å². The maximum absolute atomic E-state index is 10.8. The van der Waals surface area contributed by atoms with Crippen molar-refractivity contribution in [3.8, 4) is 11.3 Å². The highest BCUT2D eigenvalue weighted by atomic mass is 32.1. The maximum Gasteiger partial charge on any atom is 0.270 e. The van der Waals surface area contributed by atoms with Gasteiger partial charge in [0.25, 0.3) is 5.69 Å². The molecule has 5 nitrogen and oxygen atoms in total. The van der Waals surface area contributed by atoms with E-state index in [9.17, 15) is 10.1 Å². The highest BCUT2D eigenvalue weighted by molar-refractivity contribution is 7.10. The van der Waals surface area contributed by atoms with Crippen LogP contribution in [0.1, 0.15) is 31.7 Å². The molecule has 20 heavy (non-hydrogen) atoms. The van der Waals surface area contributed by atoms with Crippen LogP contribution in [0.4, 0.5) is 5.69 Å². The summed E-state index contributed by atoms with van der Waals surface area (Å²) >= 11 is 1.51. The first kappa shape index (κ1) is 14.6. The number of nitro groups is 1. The van der Waals surface area contributed by atoms with Gasteiger partial charge in [-0.2, -0.15) is 0 Å². The van der Waals surface area contributed by atoms with Crippen LogP contribution in [0.5, 0.6) is 0 Å². The molecule has 2 aromatic rings. The van der Waals surface area contributed by atoms with Gasteiger partial charge in [0.15, 0.2) is 0 Å². The van der Waals surface area contributed by atoms with Gasteiger partial charge in [0.05, 0.1) is 16.2 Å². The molecule has 0 spiro atoms. The van der Waals surface area contributed by atoms with Crippen LogP contribution in [0.15, 0.2) is 29.6 Å². The van der Waals surface area contributed by atoms with Crippen molar-refractivity contribution in [2.75, 3.05) is 0 Å². The summed E-state index contributed by atoms with van der Waals surface area (Å²) in [7, 11) is 0. The third-order valence-corrected chi connectivity index (χ3v) is 4.61. The normalized spacial score (nSPS) is 11.6. The van der Waals surface area contributed by atoms with E-state index < -0.39 is 10.5 Å². The Bertz CT molecular complexity index is 620. The van der Waals surface area contributed by atoms with Gasteiger partial charge in [0, 0.05) is 23.1 Å². The number of benzene rings is 1. The molecule has 0 fully saturated rings. The second kappa shape index (κ2) is 5.68. The monoisotopic (exact) mass is 291 g/mol.